The third-order valence-corrected chi connectivity index (χ3v) is 5.44. The summed E-state index contributed by atoms with van der Waals surface area (Å²) >= 11 is 12.5. The van der Waals surface area contributed by atoms with Crippen LogP contribution in [-0.2, 0) is 6.54 Å². The molecule has 27 heavy (non-hydrogen) atoms. The molecule has 2 aromatic rings. The predicted molar refractivity (Wildman–Crippen MR) is 107 cm³/mol. The minimum atomic E-state index is -0.00798. The van der Waals surface area contributed by atoms with Crippen molar-refractivity contribution in [3.8, 4) is 11.5 Å². The van der Waals surface area contributed by atoms with Crippen molar-refractivity contribution in [2.45, 2.75) is 6.54 Å². The highest BCUT2D eigenvalue weighted by molar-refractivity contribution is 6.35. The molecule has 0 bridgehead atoms. The molecule has 0 unspecified atom stereocenters. The Morgan fingerprint density at radius 3 is 2.19 bits per heavy atom. The number of benzene rings is 2. The Morgan fingerprint density at radius 1 is 0.963 bits per heavy atom. The van der Waals surface area contributed by atoms with Crippen LogP contribution >= 0.6 is 23.2 Å². The number of hydrogen-bond acceptors (Lipinski definition) is 4. The molecule has 0 saturated carbocycles. The second-order valence-electron chi connectivity index (χ2n) is 6.34. The minimum absolute atomic E-state index is 0.00798. The van der Waals surface area contributed by atoms with Gasteiger partial charge in [-0.05, 0) is 30.3 Å². The van der Waals surface area contributed by atoms with Gasteiger partial charge in [-0.1, -0.05) is 29.3 Å². The number of hydrogen-bond donors (Lipinski definition) is 0. The minimum Gasteiger partial charge on any atom is -0.493 e. The van der Waals surface area contributed by atoms with Gasteiger partial charge in [-0.25, -0.2) is 0 Å². The molecular weight excluding hydrogens is 387 g/mol. The Bertz CT molecular complexity index is 801. The molecule has 0 N–H and O–H groups in total. The number of nitrogens with zero attached hydrogens (tertiary/aromatic N) is 2. The molecule has 5 nitrogen and oxygen atoms in total. The summed E-state index contributed by atoms with van der Waals surface area (Å²) in [6.07, 6.45) is 0. The molecule has 0 atom stereocenters. The van der Waals surface area contributed by atoms with E-state index in [1.165, 1.54) is 0 Å². The quantitative estimate of drug-likeness (QED) is 0.750. The third-order valence-electron chi connectivity index (χ3n) is 4.73. The Hall–Kier alpha value is -1.95. The molecule has 7 heteroatoms. The second kappa shape index (κ2) is 8.83. The second-order valence-corrected chi connectivity index (χ2v) is 7.15. The van der Waals surface area contributed by atoms with Crippen molar-refractivity contribution < 1.29 is 14.3 Å². The fraction of sp³-hybridized carbons (Fsp3) is 0.350. The lowest BCUT2D eigenvalue weighted by Gasteiger charge is -2.35. The monoisotopic (exact) mass is 408 g/mol. The van der Waals surface area contributed by atoms with E-state index in [0.717, 1.165) is 18.7 Å². The zero-order chi connectivity index (χ0) is 19.4. The highest BCUT2D eigenvalue weighted by Crippen LogP contribution is 2.29. The molecule has 1 aliphatic heterocycles. The van der Waals surface area contributed by atoms with Crippen LogP contribution in [0.1, 0.15) is 15.9 Å². The molecule has 144 valence electrons. The van der Waals surface area contributed by atoms with E-state index in [2.05, 4.69) is 4.90 Å². The largest absolute Gasteiger partial charge is 0.493 e. The van der Waals surface area contributed by atoms with Crippen LogP contribution in [-0.4, -0.2) is 56.1 Å². The van der Waals surface area contributed by atoms with Crippen LogP contribution in [0.2, 0.25) is 10.0 Å². The Morgan fingerprint density at radius 2 is 1.59 bits per heavy atom. The van der Waals surface area contributed by atoms with Gasteiger partial charge in [0.2, 0.25) is 0 Å². The standard InChI is InChI=1S/C20H22Cl2N2O3/c1-26-18-7-6-14(12-19(18)27-2)20(25)24-10-8-23(9-11-24)13-15-16(21)4-3-5-17(15)22/h3-7,12H,8-11,13H2,1-2H3. The van der Waals surface area contributed by atoms with Gasteiger partial charge in [0.15, 0.2) is 11.5 Å². The number of halogens is 2. The molecule has 1 fully saturated rings. The van der Waals surface area contributed by atoms with Crippen molar-refractivity contribution in [2.75, 3.05) is 40.4 Å². The molecule has 0 aromatic heterocycles. The maximum atomic E-state index is 12.8. The van der Waals surface area contributed by atoms with Crippen molar-refractivity contribution in [3.05, 3.63) is 57.6 Å². The van der Waals surface area contributed by atoms with Gasteiger partial charge in [0.25, 0.3) is 5.91 Å². The molecule has 0 aliphatic carbocycles. The summed E-state index contributed by atoms with van der Waals surface area (Å²) in [5.41, 5.74) is 1.52. The average molecular weight is 409 g/mol. The highest BCUT2D eigenvalue weighted by Gasteiger charge is 2.24. The zero-order valence-corrected chi connectivity index (χ0v) is 16.9. The van der Waals surface area contributed by atoms with Gasteiger partial charge in [-0.2, -0.15) is 0 Å². The molecule has 1 heterocycles. The maximum absolute atomic E-state index is 12.8. The van der Waals surface area contributed by atoms with E-state index in [1.807, 2.05) is 23.1 Å². The SMILES string of the molecule is COc1ccc(C(=O)N2CCN(Cc3c(Cl)cccc3Cl)CC2)cc1OC. The molecule has 3 rings (SSSR count). The van der Waals surface area contributed by atoms with Crippen LogP contribution in [0.3, 0.4) is 0 Å². The van der Waals surface area contributed by atoms with E-state index in [-0.39, 0.29) is 5.91 Å². The lowest BCUT2D eigenvalue weighted by Crippen LogP contribution is -2.48. The first-order valence-corrected chi connectivity index (χ1v) is 9.45. The number of ether oxygens (including phenoxy) is 2. The van der Waals surface area contributed by atoms with Gasteiger partial charge in [0, 0.05) is 53.9 Å². The summed E-state index contributed by atoms with van der Waals surface area (Å²) in [6.45, 7) is 3.50. The van der Waals surface area contributed by atoms with Crippen molar-refractivity contribution in [1.82, 2.24) is 9.80 Å². The fourth-order valence-corrected chi connectivity index (χ4v) is 3.68. The summed E-state index contributed by atoms with van der Waals surface area (Å²) in [6, 6.07) is 10.8. The lowest BCUT2D eigenvalue weighted by atomic mass is 10.1. The van der Waals surface area contributed by atoms with Crippen LogP contribution in [0, 0.1) is 0 Å². The van der Waals surface area contributed by atoms with Crippen LogP contribution in [0.15, 0.2) is 36.4 Å². The van der Waals surface area contributed by atoms with E-state index in [4.69, 9.17) is 32.7 Å². The van der Waals surface area contributed by atoms with E-state index in [9.17, 15) is 4.79 Å². The van der Waals surface area contributed by atoms with Gasteiger partial charge >= 0.3 is 0 Å². The molecule has 0 spiro atoms. The summed E-state index contributed by atoms with van der Waals surface area (Å²) in [5, 5.41) is 1.35. The van der Waals surface area contributed by atoms with E-state index in [1.54, 1.807) is 32.4 Å². The van der Waals surface area contributed by atoms with E-state index in [0.29, 0.717) is 46.7 Å². The van der Waals surface area contributed by atoms with E-state index < -0.39 is 0 Å². The highest BCUT2D eigenvalue weighted by atomic mass is 35.5. The predicted octanol–water partition coefficient (Wildman–Crippen LogP) is 3.97. The molecule has 1 aliphatic rings. The summed E-state index contributed by atoms with van der Waals surface area (Å²) in [7, 11) is 3.13. The molecule has 0 radical (unpaired) electrons. The summed E-state index contributed by atoms with van der Waals surface area (Å²) in [5.74, 6) is 1.15. The lowest BCUT2D eigenvalue weighted by molar-refractivity contribution is 0.0628. The Kier molecular flexibility index (Phi) is 6.47. The number of carbonyl (C=O) groups is 1. The molecule has 1 amide bonds. The first-order valence-electron chi connectivity index (χ1n) is 8.70. The van der Waals surface area contributed by atoms with Crippen molar-refractivity contribution in [2.24, 2.45) is 0 Å². The van der Waals surface area contributed by atoms with Crippen molar-refractivity contribution in [3.63, 3.8) is 0 Å². The van der Waals surface area contributed by atoms with Crippen LogP contribution in [0.25, 0.3) is 0 Å². The zero-order valence-electron chi connectivity index (χ0n) is 15.4. The first-order chi connectivity index (χ1) is 13.0. The van der Waals surface area contributed by atoms with Crippen LogP contribution < -0.4 is 9.47 Å². The first kappa shape index (κ1) is 19.8. The van der Waals surface area contributed by atoms with E-state index >= 15 is 0 Å². The molecule has 1 saturated heterocycles. The number of amides is 1. The van der Waals surface area contributed by atoms with Crippen LogP contribution in [0.5, 0.6) is 11.5 Å². The Labute approximate surface area is 169 Å². The number of carbonyl (C=O) groups excluding carboxylic acids is 1. The topological polar surface area (TPSA) is 42.0 Å². The van der Waals surface area contributed by atoms with Gasteiger partial charge in [0.05, 0.1) is 14.2 Å². The molecular formula is C20H22Cl2N2O3. The fourth-order valence-electron chi connectivity index (χ4n) is 3.17. The third kappa shape index (κ3) is 4.49. The van der Waals surface area contributed by atoms with Crippen molar-refractivity contribution >= 4 is 29.1 Å². The summed E-state index contributed by atoms with van der Waals surface area (Å²) < 4.78 is 10.5. The Balaban J connectivity index is 1.63. The smallest absolute Gasteiger partial charge is 0.254 e. The van der Waals surface area contributed by atoms with Gasteiger partial charge in [0.1, 0.15) is 0 Å². The van der Waals surface area contributed by atoms with Gasteiger partial charge in [-0.3, -0.25) is 9.69 Å². The average Bonchev–Trinajstić information content (AvgIpc) is 2.70. The number of piperazine rings is 1. The number of methoxy groups -OCH3 is 2. The van der Waals surface area contributed by atoms with Crippen LogP contribution in [0.4, 0.5) is 0 Å². The summed E-state index contributed by atoms with van der Waals surface area (Å²) in [4.78, 5) is 16.9. The van der Waals surface area contributed by atoms with Crippen molar-refractivity contribution in [1.29, 1.82) is 0 Å². The number of rotatable bonds is 5. The van der Waals surface area contributed by atoms with Gasteiger partial charge in [-0.15, -0.1) is 0 Å². The normalized spacial score (nSPS) is 14.9. The maximum Gasteiger partial charge on any atom is 0.254 e. The molecule has 2 aromatic carbocycles. The van der Waals surface area contributed by atoms with Gasteiger partial charge < -0.3 is 14.4 Å².